The molecule has 3 aromatic rings. The predicted molar refractivity (Wildman–Crippen MR) is 73.7 cm³/mol. The van der Waals surface area contributed by atoms with Gasteiger partial charge < -0.3 is 5.73 Å². The van der Waals surface area contributed by atoms with E-state index in [4.69, 9.17) is 5.73 Å². The van der Waals surface area contributed by atoms with E-state index in [9.17, 15) is 4.39 Å². The lowest BCUT2D eigenvalue weighted by molar-refractivity contribution is 0.619. The highest BCUT2D eigenvalue weighted by Gasteiger charge is 2.12. The largest absolute Gasteiger partial charge is 0.396 e. The molecule has 100 valence electrons. The Morgan fingerprint density at radius 3 is 2.65 bits per heavy atom. The summed E-state index contributed by atoms with van der Waals surface area (Å²) in [5.41, 5.74) is 8.10. The number of nitrogens with two attached hydrogens (primary N) is 1. The molecular formula is C14H12FN5. The van der Waals surface area contributed by atoms with E-state index in [0.717, 1.165) is 0 Å². The van der Waals surface area contributed by atoms with Crippen molar-refractivity contribution in [2.24, 2.45) is 0 Å². The lowest BCUT2D eigenvalue weighted by Gasteiger charge is -2.01. The summed E-state index contributed by atoms with van der Waals surface area (Å²) >= 11 is 0. The van der Waals surface area contributed by atoms with Crippen molar-refractivity contribution in [3.63, 3.8) is 0 Å². The molecule has 0 unspecified atom stereocenters. The molecule has 0 aliphatic rings. The van der Waals surface area contributed by atoms with Crippen LogP contribution in [0.3, 0.4) is 0 Å². The standard InChI is InChI=1S/C14H12FN5/c1-9-3-4-10(7-11(9)15)13-12(16)8-20(19-13)14-17-5-2-6-18-14/h2-8H,16H2,1H3. The summed E-state index contributed by atoms with van der Waals surface area (Å²) in [4.78, 5) is 8.18. The number of hydrogen-bond acceptors (Lipinski definition) is 4. The Labute approximate surface area is 114 Å². The van der Waals surface area contributed by atoms with Crippen molar-refractivity contribution >= 4 is 5.69 Å². The fourth-order valence-electron chi connectivity index (χ4n) is 1.86. The van der Waals surface area contributed by atoms with Crippen LogP contribution >= 0.6 is 0 Å². The number of rotatable bonds is 2. The van der Waals surface area contributed by atoms with Gasteiger partial charge in [0.05, 0.1) is 11.9 Å². The van der Waals surface area contributed by atoms with E-state index in [1.807, 2.05) is 0 Å². The van der Waals surface area contributed by atoms with Gasteiger partial charge in [0, 0.05) is 18.0 Å². The van der Waals surface area contributed by atoms with E-state index in [-0.39, 0.29) is 5.82 Å². The molecule has 0 fully saturated rings. The first-order chi connectivity index (χ1) is 9.65. The van der Waals surface area contributed by atoms with E-state index >= 15 is 0 Å². The van der Waals surface area contributed by atoms with Crippen LogP contribution in [0.2, 0.25) is 0 Å². The zero-order valence-electron chi connectivity index (χ0n) is 10.8. The van der Waals surface area contributed by atoms with Crippen LogP contribution in [0, 0.1) is 12.7 Å². The van der Waals surface area contributed by atoms with E-state index in [2.05, 4.69) is 15.1 Å². The van der Waals surface area contributed by atoms with Crippen LogP contribution in [0.15, 0.2) is 42.9 Å². The van der Waals surface area contributed by atoms with Gasteiger partial charge in [-0.25, -0.2) is 19.0 Å². The number of anilines is 1. The van der Waals surface area contributed by atoms with Crippen LogP contribution in [-0.4, -0.2) is 19.7 Å². The number of nitrogens with zero attached hydrogens (tertiary/aromatic N) is 4. The Morgan fingerprint density at radius 1 is 1.20 bits per heavy atom. The third-order valence-corrected chi connectivity index (χ3v) is 2.94. The maximum atomic E-state index is 13.6. The van der Waals surface area contributed by atoms with E-state index in [1.54, 1.807) is 43.7 Å². The van der Waals surface area contributed by atoms with Gasteiger partial charge in [0.25, 0.3) is 5.95 Å². The van der Waals surface area contributed by atoms with Gasteiger partial charge in [-0.3, -0.25) is 0 Å². The zero-order valence-corrected chi connectivity index (χ0v) is 10.8. The average molecular weight is 269 g/mol. The maximum absolute atomic E-state index is 13.6. The Morgan fingerprint density at radius 2 is 1.95 bits per heavy atom. The first-order valence-corrected chi connectivity index (χ1v) is 6.04. The highest BCUT2D eigenvalue weighted by Crippen LogP contribution is 2.26. The summed E-state index contributed by atoms with van der Waals surface area (Å²) in [6.45, 7) is 1.71. The second kappa shape index (κ2) is 4.73. The molecule has 6 heteroatoms. The fourth-order valence-corrected chi connectivity index (χ4v) is 1.86. The molecule has 5 nitrogen and oxygen atoms in total. The molecule has 0 aliphatic heterocycles. The third-order valence-electron chi connectivity index (χ3n) is 2.94. The van der Waals surface area contributed by atoms with Crippen molar-refractivity contribution < 1.29 is 4.39 Å². The van der Waals surface area contributed by atoms with Crippen LogP contribution < -0.4 is 5.73 Å². The second-order valence-corrected chi connectivity index (χ2v) is 4.39. The van der Waals surface area contributed by atoms with E-state index < -0.39 is 0 Å². The third kappa shape index (κ3) is 2.11. The normalized spacial score (nSPS) is 10.7. The Balaban J connectivity index is 2.07. The molecule has 0 saturated heterocycles. The molecule has 0 radical (unpaired) electrons. The van der Waals surface area contributed by atoms with Crippen LogP contribution in [0.5, 0.6) is 0 Å². The summed E-state index contributed by atoms with van der Waals surface area (Å²) in [6.07, 6.45) is 4.85. The average Bonchev–Trinajstić information content (AvgIpc) is 2.85. The number of aryl methyl sites for hydroxylation is 1. The van der Waals surface area contributed by atoms with Crippen molar-refractivity contribution in [1.29, 1.82) is 0 Å². The van der Waals surface area contributed by atoms with Gasteiger partial charge in [0.1, 0.15) is 11.5 Å². The van der Waals surface area contributed by atoms with Gasteiger partial charge in [-0.15, -0.1) is 0 Å². The summed E-state index contributed by atoms with van der Waals surface area (Å²) in [6, 6.07) is 6.62. The molecule has 0 saturated carbocycles. The van der Waals surface area contributed by atoms with Gasteiger partial charge in [0.15, 0.2) is 0 Å². The lowest BCUT2D eigenvalue weighted by Crippen LogP contribution is -2.00. The first-order valence-electron chi connectivity index (χ1n) is 6.04. The molecule has 0 atom stereocenters. The van der Waals surface area contributed by atoms with Gasteiger partial charge in [-0.1, -0.05) is 12.1 Å². The van der Waals surface area contributed by atoms with Gasteiger partial charge in [-0.05, 0) is 24.6 Å². The minimum absolute atomic E-state index is 0.285. The number of aromatic nitrogens is 4. The molecule has 2 heterocycles. The Hall–Kier alpha value is -2.76. The molecule has 20 heavy (non-hydrogen) atoms. The van der Waals surface area contributed by atoms with Crippen molar-refractivity contribution in [2.75, 3.05) is 5.73 Å². The molecule has 0 spiro atoms. The van der Waals surface area contributed by atoms with Crippen molar-refractivity contribution in [3.8, 4) is 17.2 Å². The summed E-state index contributed by atoms with van der Waals surface area (Å²) < 4.78 is 15.1. The van der Waals surface area contributed by atoms with Crippen molar-refractivity contribution in [3.05, 3.63) is 54.2 Å². The smallest absolute Gasteiger partial charge is 0.250 e. The second-order valence-electron chi connectivity index (χ2n) is 4.39. The van der Waals surface area contributed by atoms with E-state index in [0.29, 0.717) is 28.5 Å². The zero-order chi connectivity index (χ0) is 14.1. The van der Waals surface area contributed by atoms with Crippen LogP contribution in [-0.2, 0) is 0 Å². The summed E-state index contributed by atoms with van der Waals surface area (Å²) in [7, 11) is 0. The number of halogens is 1. The quantitative estimate of drug-likeness (QED) is 0.775. The van der Waals surface area contributed by atoms with Crippen LogP contribution in [0.1, 0.15) is 5.56 Å². The molecule has 2 aromatic heterocycles. The van der Waals surface area contributed by atoms with Gasteiger partial charge in [0.2, 0.25) is 0 Å². The topological polar surface area (TPSA) is 69.6 Å². The highest BCUT2D eigenvalue weighted by atomic mass is 19.1. The molecular weight excluding hydrogens is 257 g/mol. The fraction of sp³-hybridized carbons (Fsp3) is 0.0714. The van der Waals surface area contributed by atoms with Crippen LogP contribution in [0.4, 0.5) is 10.1 Å². The Kier molecular flexibility index (Phi) is 2.90. The first kappa shape index (κ1) is 12.3. The lowest BCUT2D eigenvalue weighted by atomic mass is 10.1. The molecule has 0 aliphatic carbocycles. The van der Waals surface area contributed by atoms with Gasteiger partial charge in [-0.2, -0.15) is 5.10 Å². The molecule has 1 aromatic carbocycles. The SMILES string of the molecule is Cc1ccc(-c2nn(-c3ncccn3)cc2N)cc1F. The minimum Gasteiger partial charge on any atom is -0.396 e. The maximum Gasteiger partial charge on any atom is 0.250 e. The highest BCUT2D eigenvalue weighted by molar-refractivity contribution is 5.72. The number of hydrogen-bond donors (Lipinski definition) is 1. The van der Waals surface area contributed by atoms with Crippen LogP contribution in [0.25, 0.3) is 17.2 Å². The predicted octanol–water partition coefficient (Wildman–Crippen LogP) is 2.36. The van der Waals surface area contributed by atoms with Crippen molar-refractivity contribution in [2.45, 2.75) is 6.92 Å². The Bertz CT molecular complexity index is 752. The minimum atomic E-state index is -0.285. The molecule has 0 bridgehead atoms. The van der Waals surface area contributed by atoms with E-state index in [1.165, 1.54) is 10.7 Å². The summed E-state index contributed by atoms with van der Waals surface area (Å²) in [5.74, 6) is 0.130. The number of nitrogen functional groups attached to an aromatic ring is 1. The molecule has 0 amide bonds. The van der Waals surface area contributed by atoms with Crippen molar-refractivity contribution in [1.82, 2.24) is 19.7 Å². The monoisotopic (exact) mass is 269 g/mol. The molecule has 2 N–H and O–H groups in total. The van der Waals surface area contributed by atoms with Gasteiger partial charge >= 0.3 is 0 Å². The number of benzene rings is 1. The molecule has 3 rings (SSSR count). The summed E-state index contributed by atoms with van der Waals surface area (Å²) in [5, 5.41) is 4.32.